The van der Waals surface area contributed by atoms with Crippen LogP contribution in [0.4, 0.5) is 0 Å². The van der Waals surface area contributed by atoms with Crippen molar-refractivity contribution in [1.29, 1.82) is 0 Å². The second-order valence-electron chi connectivity index (χ2n) is 6.65. The van der Waals surface area contributed by atoms with Gasteiger partial charge in [-0.15, -0.1) is 0 Å². The number of amides is 2. The van der Waals surface area contributed by atoms with E-state index in [1.807, 2.05) is 6.92 Å². The molecule has 5 nitrogen and oxygen atoms in total. The van der Waals surface area contributed by atoms with E-state index in [0.29, 0.717) is 25.5 Å². The van der Waals surface area contributed by atoms with E-state index in [1.54, 1.807) is 4.90 Å². The largest absolute Gasteiger partial charge is 0.381 e. The van der Waals surface area contributed by atoms with Crippen LogP contribution in [0.3, 0.4) is 0 Å². The van der Waals surface area contributed by atoms with E-state index in [4.69, 9.17) is 4.74 Å². The number of nitrogens with zero attached hydrogens (tertiary/aromatic N) is 1. The Hall–Kier alpha value is -1.10. The number of nitrogens with one attached hydrogen (secondary N) is 1. The number of hydrogen-bond acceptors (Lipinski definition) is 3. The van der Waals surface area contributed by atoms with Crippen LogP contribution in [0.25, 0.3) is 0 Å². The number of carbonyl (C=O) groups excluding carboxylic acids is 2. The average Bonchev–Trinajstić information content (AvgIpc) is 3.35. The summed E-state index contributed by atoms with van der Waals surface area (Å²) in [6.07, 6.45) is 6.21. The fourth-order valence-electron chi connectivity index (χ4n) is 3.08. The Labute approximate surface area is 126 Å². The van der Waals surface area contributed by atoms with Gasteiger partial charge in [-0.25, -0.2) is 0 Å². The van der Waals surface area contributed by atoms with Gasteiger partial charge in [-0.3, -0.25) is 9.59 Å². The quantitative estimate of drug-likeness (QED) is 0.687. The molecule has 2 unspecified atom stereocenters. The van der Waals surface area contributed by atoms with Gasteiger partial charge in [-0.05, 0) is 50.4 Å². The molecule has 0 radical (unpaired) electrons. The average molecular weight is 294 g/mol. The first-order valence-electron chi connectivity index (χ1n) is 8.39. The van der Waals surface area contributed by atoms with Gasteiger partial charge >= 0.3 is 0 Å². The fourth-order valence-corrected chi connectivity index (χ4v) is 3.08. The Balaban J connectivity index is 1.50. The van der Waals surface area contributed by atoms with Crippen molar-refractivity contribution < 1.29 is 14.3 Å². The lowest BCUT2D eigenvalue weighted by molar-refractivity contribution is -0.150. The van der Waals surface area contributed by atoms with Crippen molar-refractivity contribution in [3.05, 3.63) is 0 Å². The van der Waals surface area contributed by atoms with Crippen molar-refractivity contribution in [3.8, 4) is 0 Å². The molecule has 0 aromatic rings. The molecule has 0 bridgehead atoms. The molecule has 21 heavy (non-hydrogen) atoms. The Morgan fingerprint density at radius 1 is 1.24 bits per heavy atom. The molecule has 0 aromatic carbocycles. The summed E-state index contributed by atoms with van der Waals surface area (Å²) in [4.78, 5) is 26.5. The zero-order valence-electron chi connectivity index (χ0n) is 12.8. The van der Waals surface area contributed by atoms with Gasteiger partial charge in [-0.2, -0.15) is 0 Å². The monoisotopic (exact) mass is 294 g/mol. The topological polar surface area (TPSA) is 58.6 Å². The number of piperazine rings is 1. The maximum absolute atomic E-state index is 12.6. The van der Waals surface area contributed by atoms with E-state index in [2.05, 4.69) is 5.32 Å². The molecule has 2 amide bonds. The smallest absolute Gasteiger partial charge is 0.246 e. The van der Waals surface area contributed by atoms with Gasteiger partial charge < -0.3 is 15.0 Å². The van der Waals surface area contributed by atoms with E-state index in [0.717, 1.165) is 31.8 Å². The third-order valence-corrected chi connectivity index (χ3v) is 4.74. The van der Waals surface area contributed by atoms with Crippen molar-refractivity contribution in [2.45, 2.75) is 57.5 Å². The van der Waals surface area contributed by atoms with Gasteiger partial charge in [0.1, 0.15) is 12.1 Å². The lowest BCUT2D eigenvalue weighted by Gasteiger charge is -2.38. The molecule has 5 heteroatoms. The molecule has 1 N–H and O–H groups in total. The van der Waals surface area contributed by atoms with Crippen LogP contribution < -0.4 is 5.32 Å². The van der Waals surface area contributed by atoms with Crippen molar-refractivity contribution in [3.63, 3.8) is 0 Å². The first kappa shape index (κ1) is 14.8. The molecule has 0 spiro atoms. The molecule has 2 saturated carbocycles. The summed E-state index contributed by atoms with van der Waals surface area (Å²) < 4.78 is 5.63. The Morgan fingerprint density at radius 3 is 2.62 bits per heavy atom. The van der Waals surface area contributed by atoms with Crippen LogP contribution in [-0.4, -0.2) is 48.6 Å². The summed E-state index contributed by atoms with van der Waals surface area (Å²) in [5.41, 5.74) is 0. The molecule has 2 atom stereocenters. The Morgan fingerprint density at radius 2 is 2.00 bits per heavy atom. The molecule has 3 fully saturated rings. The van der Waals surface area contributed by atoms with Crippen LogP contribution in [0.15, 0.2) is 0 Å². The summed E-state index contributed by atoms with van der Waals surface area (Å²) in [6.45, 7) is 4.15. The fraction of sp³-hybridized carbons (Fsp3) is 0.875. The van der Waals surface area contributed by atoms with E-state index in [-0.39, 0.29) is 23.9 Å². The standard InChI is InChI=1S/C16H26N2O3/c1-2-13-15(19)17-14(12-6-7-12)16(20)18(13)8-3-9-21-10-11-4-5-11/h11-14H,2-10H2,1H3,(H,17,19). The first-order valence-corrected chi connectivity index (χ1v) is 8.39. The molecule has 0 aromatic heterocycles. The van der Waals surface area contributed by atoms with Crippen molar-refractivity contribution in [2.75, 3.05) is 19.8 Å². The summed E-state index contributed by atoms with van der Waals surface area (Å²) in [5.74, 6) is 1.28. The molecule has 1 saturated heterocycles. The van der Waals surface area contributed by atoms with Crippen LogP contribution in [0.2, 0.25) is 0 Å². The SMILES string of the molecule is CCC1C(=O)NC(C2CC2)C(=O)N1CCCOCC1CC1. The highest BCUT2D eigenvalue weighted by Gasteiger charge is 2.45. The minimum Gasteiger partial charge on any atom is -0.381 e. The molecule has 1 aliphatic heterocycles. The predicted molar refractivity (Wildman–Crippen MR) is 78.6 cm³/mol. The minimum atomic E-state index is -0.295. The van der Waals surface area contributed by atoms with E-state index in [1.165, 1.54) is 12.8 Å². The van der Waals surface area contributed by atoms with Gasteiger partial charge in [0.15, 0.2) is 0 Å². The molecular formula is C16H26N2O3. The van der Waals surface area contributed by atoms with Crippen molar-refractivity contribution >= 4 is 11.8 Å². The van der Waals surface area contributed by atoms with Gasteiger partial charge in [-0.1, -0.05) is 6.92 Å². The maximum atomic E-state index is 12.6. The number of ether oxygens (including phenoxy) is 1. The van der Waals surface area contributed by atoms with Gasteiger partial charge in [0, 0.05) is 19.8 Å². The summed E-state index contributed by atoms with van der Waals surface area (Å²) >= 11 is 0. The highest BCUT2D eigenvalue weighted by molar-refractivity contribution is 5.97. The van der Waals surface area contributed by atoms with Crippen molar-refractivity contribution in [2.24, 2.45) is 11.8 Å². The zero-order chi connectivity index (χ0) is 14.8. The van der Waals surface area contributed by atoms with Crippen LogP contribution in [0.1, 0.15) is 45.4 Å². The molecule has 3 rings (SSSR count). The van der Waals surface area contributed by atoms with E-state index < -0.39 is 0 Å². The molecule has 1 heterocycles. The Kier molecular flexibility index (Phi) is 4.48. The van der Waals surface area contributed by atoms with E-state index >= 15 is 0 Å². The molecule has 3 aliphatic rings. The Bertz CT molecular complexity index is 404. The molecule has 118 valence electrons. The summed E-state index contributed by atoms with van der Waals surface area (Å²) in [5, 5.41) is 2.92. The van der Waals surface area contributed by atoms with Crippen LogP contribution >= 0.6 is 0 Å². The van der Waals surface area contributed by atoms with Crippen molar-refractivity contribution in [1.82, 2.24) is 10.2 Å². The number of carbonyl (C=O) groups is 2. The third kappa shape index (κ3) is 3.57. The lowest BCUT2D eigenvalue weighted by atomic mass is 10.0. The number of hydrogen-bond donors (Lipinski definition) is 1. The highest BCUT2D eigenvalue weighted by atomic mass is 16.5. The van der Waals surface area contributed by atoms with Gasteiger partial charge in [0.05, 0.1) is 0 Å². The number of rotatable bonds is 8. The third-order valence-electron chi connectivity index (χ3n) is 4.74. The second-order valence-corrected chi connectivity index (χ2v) is 6.65. The van der Waals surface area contributed by atoms with Crippen LogP contribution in [0, 0.1) is 11.8 Å². The summed E-state index contributed by atoms with van der Waals surface area (Å²) in [6, 6.07) is -0.566. The van der Waals surface area contributed by atoms with Crippen LogP contribution in [-0.2, 0) is 14.3 Å². The van der Waals surface area contributed by atoms with Gasteiger partial charge in [0.2, 0.25) is 11.8 Å². The summed E-state index contributed by atoms with van der Waals surface area (Å²) in [7, 11) is 0. The van der Waals surface area contributed by atoms with Gasteiger partial charge in [0.25, 0.3) is 0 Å². The molecular weight excluding hydrogens is 268 g/mol. The van der Waals surface area contributed by atoms with E-state index in [9.17, 15) is 9.59 Å². The zero-order valence-corrected chi connectivity index (χ0v) is 12.8. The molecule has 2 aliphatic carbocycles. The minimum absolute atomic E-state index is 0.0212. The normalized spacial score (nSPS) is 29.7. The first-order chi connectivity index (χ1) is 10.2. The second kappa shape index (κ2) is 6.34. The lowest BCUT2D eigenvalue weighted by Crippen LogP contribution is -2.64. The predicted octanol–water partition coefficient (Wildman–Crippen LogP) is 1.32. The maximum Gasteiger partial charge on any atom is 0.246 e. The van der Waals surface area contributed by atoms with Crippen LogP contribution in [0.5, 0.6) is 0 Å². The highest BCUT2D eigenvalue weighted by Crippen LogP contribution is 2.35.